The van der Waals surface area contributed by atoms with Gasteiger partial charge in [-0.15, -0.1) is 0 Å². The van der Waals surface area contributed by atoms with Gasteiger partial charge < -0.3 is 19.5 Å². The first-order valence-corrected chi connectivity index (χ1v) is 7.42. The van der Waals surface area contributed by atoms with Crippen LogP contribution in [0.1, 0.15) is 23.0 Å². The van der Waals surface area contributed by atoms with E-state index in [0.29, 0.717) is 18.0 Å². The van der Waals surface area contributed by atoms with Crippen LogP contribution in [0.15, 0.2) is 42.6 Å². The molecule has 2 heterocycles. The molecule has 1 aromatic heterocycles. The van der Waals surface area contributed by atoms with E-state index in [2.05, 4.69) is 10.3 Å². The van der Waals surface area contributed by atoms with E-state index in [9.17, 15) is 9.59 Å². The molecule has 0 spiro atoms. The number of aromatic nitrogens is 1. The molecule has 1 aliphatic rings. The molecule has 1 amide bonds. The number of rotatable bonds is 5. The Kier molecular flexibility index (Phi) is 4.60. The van der Waals surface area contributed by atoms with Crippen LogP contribution in [0.25, 0.3) is 0 Å². The summed E-state index contributed by atoms with van der Waals surface area (Å²) in [5, 5.41) is 2.71. The summed E-state index contributed by atoms with van der Waals surface area (Å²) < 4.78 is 15.6. The molecule has 0 bridgehead atoms. The molecule has 7 heteroatoms. The Hall–Kier alpha value is -3.09. The van der Waals surface area contributed by atoms with Gasteiger partial charge in [-0.25, -0.2) is 9.78 Å². The molecule has 1 N–H and O–H groups in total. The van der Waals surface area contributed by atoms with Gasteiger partial charge in [-0.3, -0.25) is 4.79 Å². The van der Waals surface area contributed by atoms with Crippen molar-refractivity contribution in [3.63, 3.8) is 0 Å². The van der Waals surface area contributed by atoms with E-state index >= 15 is 0 Å². The molecule has 124 valence electrons. The number of hydrogen-bond donors (Lipinski definition) is 1. The summed E-state index contributed by atoms with van der Waals surface area (Å²) in [7, 11) is 0. The van der Waals surface area contributed by atoms with E-state index < -0.39 is 18.0 Å². The zero-order valence-electron chi connectivity index (χ0n) is 13.0. The smallest absolute Gasteiger partial charge is 0.357 e. The number of nitrogens with zero attached hydrogens (tertiary/aromatic N) is 1. The number of nitrogens with one attached hydrogen (secondary N) is 1. The maximum Gasteiger partial charge on any atom is 0.357 e. The lowest BCUT2D eigenvalue weighted by atomic mass is 10.2. The van der Waals surface area contributed by atoms with E-state index in [4.69, 9.17) is 14.2 Å². The fraction of sp³-hybridized carbons (Fsp3) is 0.235. The number of ether oxygens (including phenoxy) is 3. The Morgan fingerprint density at radius 3 is 2.88 bits per heavy atom. The van der Waals surface area contributed by atoms with E-state index in [0.717, 1.165) is 5.56 Å². The van der Waals surface area contributed by atoms with Gasteiger partial charge in [-0.1, -0.05) is 12.1 Å². The van der Waals surface area contributed by atoms with Gasteiger partial charge in [-0.2, -0.15) is 0 Å². The minimum absolute atomic E-state index is 0.160. The molecule has 0 saturated heterocycles. The highest BCUT2D eigenvalue weighted by atomic mass is 16.7. The highest BCUT2D eigenvalue weighted by Gasteiger charge is 2.20. The van der Waals surface area contributed by atoms with E-state index in [1.54, 1.807) is 24.3 Å². The molecular weight excluding hydrogens is 312 g/mol. The summed E-state index contributed by atoms with van der Waals surface area (Å²) in [5.41, 5.74) is 1.02. The molecule has 24 heavy (non-hydrogen) atoms. The van der Waals surface area contributed by atoms with Crippen LogP contribution in [0.5, 0.6) is 11.5 Å². The van der Waals surface area contributed by atoms with Crippen molar-refractivity contribution in [2.75, 3.05) is 6.79 Å². The summed E-state index contributed by atoms with van der Waals surface area (Å²) in [6.07, 6.45) is 0.564. The lowest BCUT2D eigenvalue weighted by Gasteiger charge is -2.13. The highest BCUT2D eigenvalue weighted by Crippen LogP contribution is 2.32. The predicted molar refractivity (Wildman–Crippen MR) is 83.5 cm³/mol. The third-order valence-corrected chi connectivity index (χ3v) is 3.43. The van der Waals surface area contributed by atoms with Crippen LogP contribution in [0.2, 0.25) is 0 Å². The van der Waals surface area contributed by atoms with Gasteiger partial charge in [0.05, 0.1) is 0 Å². The van der Waals surface area contributed by atoms with Crippen molar-refractivity contribution in [2.45, 2.75) is 19.6 Å². The molecule has 1 aliphatic heterocycles. The van der Waals surface area contributed by atoms with Gasteiger partial charge in [0.1, 0.15) is 5.69 Å². The molecule has 0 radical (unpaired) electrons. The number of carbonyl (C=O) groups is 2. The van der Waals surface area contributed by atoms with E-state index in [-0.39, 0.29) is 12.5 Å². The number of fused-ring (bicyclic) bond motifs is 1. The average molecular weight is 328 g/mol. The molecule has 7 nitrogen and oxygen atoms in total. The first-order valence-electron chi connectivity index (χ1n) is 7.42. The Bertz CT molecular complexity index is 748. The summed E-state index contributed by atoms with van der Waals surface area (Å²) >= 11 is 0. The first kappa shape index (κ1) is 15.8. The Labute approximate surface area is 138 Å². The van der Waals surface area contributed by atoms with Crippen LogP contribution in [0.4, 0.5) is 0 Å². The van der Waals surface area contributed by atoms with Crippen LogP contribution in [0.3, 0.4) is 0 Å². The Morgan fingerprint density at radius 1 is 1.25 bits per heavy atom. The number of esters is 1. The summed E-state index contributed by atoms with van der Waals surface area (Å²) in [5.74, 6) is 0.303. The maximum absolute atomic E-state index is 12.1. The SMILES string of the molecule is C[C@H](OC(=O)c1ccccn1)C(=O)NCc1ccc2c(c1)OCO2. The first-order chi connectivity index (χ1) is 11.6. The standard InChI is InChI=1S/C17H16N2O5/c1-11(24-17(21)13-4-2-3-7-18-13)16(20)19-9-12-5-6-14-15(8-12)23-10-22-14/h2-8,11H,9-10H2,1H3,(H,19,20)/t11-/m0/s1. The van der Waals surface area contributed by atoms with E-state index in [1.807, 2.05) is 6.07 Å². The Balaban J connectivity index is 1.52. The second kappa shape index (κ2) is 6.99. The van der Waals surface area contributed by atoms with Crippen molar-refractivity contribution >= 4 is 11.9 Å². The number of amides is 1. The van der Waals surface area contributed by atoms with E-state index in [1.165, 1.54) is 19.2 Å². The van der Waals surface area contributed by atoms with Crippen LogP contribution >= 0.6 is 0 Å². The fourth-order valence-corrected chi connectivity index (χ4v) is 2.14. The molecule has 1 aromatic carbocycles. The van der Waals surface area contributed by atoms with Gasteiger partial charge >= 0.3 is 5.97 Å². The molecule has 0 fully saturated rings. The largest absolute Gasteiger partial charge is 0.454 e. The number of hydrogen-bond acceptors (Lipinski definition) is 6. The number of benzene rings is 1. The third-order valence-electron chi connectivity index (χ3n) is 3.43. The van der Waals surface area contributed by atoms with Crippen LogP contribution in [-0.4, -0.2) is 29.8 Å². The normalized spacial score (nSPS) is 13.2. The monoisotopic (exact) mass is 328 g/mol. The highest BCUT2D eigenvalue weighted by molar-refractivity contribution is 5.90. The maximum atomic E-state index is 12.1. The molecule has 0 saturated carbocycles. The lowest BCUT2D eigenvalue weighted by molar-refractivity contribution is -0.129. The molecule has 0 aliphatic carbocycles. The van der Waals surface area contributed by atoms with Crippen molar-refractivity contribution in [3.8, 4) is 11.5 Å². The van der Waals surface area contributed by atoms with Crippen molar-refractivity contribution in [1.29, 1.82) is 0 Å². The van der Waals surface area contributed by atoms with Crippen molar-refractivity contribution in [3.05, 3.63) is 53.9 Å². The minimum atomic E-state index is -0.923. The summed E-state index contributed by atoms with van der Waals surface area (Å²) in [6.45, 7) is 2.00. The topological polar surface area (TPSA) is 86.8 Å². The second-order valence-corrected chi connectivity index (χ2v) is 5.17. The molecule has 3 rings (SSSR count). The second-order valence-electron chi connectivity index (χ2n) is 5.17. The summed E-state index contributed by atoms with van der Waals surface area (Å²) in [6, 6.07) is 10.3. The van der Waals surface area contributed by atoms with Crippen LogP contribution in [0, 0.1) is 0 Å². The van der Waals surface area contributed by atoms with Gasteiger partial charge in [0.15, 0.2) is 17.6 Å². The predicted octanol–water partition coefficient (Wildman–Crippen LogP) is 1.67. The van der Waals surface area contributed by atoms with Crippen LogP contribution < -0.4 is 14.8 Å². The number of pyridine rings is 1. The molecule has 0 unspecified atom stereocenters. The van der Waals surface area contributed by atoms with Crippen molar-refractivity contribution < 1.29 is 23.8 Å². The molecule has 2 aromatic rings. The van der Waals surface area contributed by atoms with Gasteiger partial charge in [0, 0.05) is 12.7 Å². The Morgan fingerprint density at radius 2 is 2.08 bits per heavy atom. The van der Waals surface area contributed by atoms with Gasteiger partial charge in [0.25, 0.3) is 5.91 Å². The lowest BCUT2D eigenvalue weighted by Crippen LogP contribution is -2.35. The molecular formula is C17H16N2O5. The van der Waals surface area contributed by atoms with Crippen molar-refractivity contribution in [2.24, 2.45) is 0 Å². The average Bonchev–Trinajstić information content (AvgIpc) is 3.08. The zero-order chi connectivity index (χ0) is 16.9. The van der Waals surface area contributed by atoms with Crippen molar-refractivity contribution in [1.82, 2.24) is 10.3 Å². The zero-order valence-corrected chi connectivity index (χ0v) is 13.0. The third kappa shape index (κ3) is 3.62. The van der Waals surface area contributed by atoms with Gasteiger partial charge in [0.2, 0.25) is 6.79 Å². The van der Waals surface area contributed by atoms with Crippen LogP contribution in [-0.2, 0) is 16.1 Å². The fourth-order valence-electron chi connectivity index (χ4n) is 2.14. The minimum Gasteiger partial charge on any atom is -0.454 e. The van der Waals surface area contributed by atoms with Gasteiger partial charge in [-0.05, 0) is 36.8 Å². The quantitative estimate of drug-likeness (QED) is 0.840. The molecule has 1 atom stereocenters. The number of carbonyl (C=O) groups excluding carboxylic acids is 2. The summed E-state index contributed by atoms with van der Waals surface area (Å²) in [4.78, 5) is 27.8.